The Morgan fingerprint density at radius 3 is 2.59 bits per heavy atom. The summed E-state index contributed by atoms with van der Waals surface area (Å²) in [4.78, 5) is 28.9. The number of nitrogens with one attached hydrogen (secondary N) is 1. The van der Waals surface area contributed by atoms with E-state index < -0.39 is 0 Å². The third kappa shape index (κ3) is 4.72. The quantitative estimate of drug-likeness (QED) is 0.514. The van der Waals surface area contributed by atoms with Crippen LogP contribution in [0.1, 0.15) is 57.2 Å². The number of hydrogen-bond acceptors (Lipinski definition) is 7. The van der Waals surface area contributed by atoms with Crippen molar-refractivity contribution in [3.8, 4) is 11.1 Å². The Labute approximate surface area is 204 Å². The number of carbonyl (C=O) groups excluding carboxylic acids is 1. The highest BCUT2D eigenvalue weighted by molar-refractivity contribution is 7.22. The van der Waals surface area contributed by atoms with Crippen LogP contribution in [0.3, 0.4) is 0 Å². The first-order chi connectivity index (χ1) is 16.7. The molecule has 0 atom stereocenters. The highest BCUT2D eigenvalue weighted by atomic mass is 32.1. The lowest BCUT2D eigenvalue weighted by Crippen LogP contribution is -2.47. The number of nitrogens with zero attached hydrogens (tertiary/aromatic N) is 4. The smallest absolute Gasteiger partial charge is 0.229 e. The standard InChI is InChI=1S/C26H31N5O2S/c32-25(18-11-20(12-18)31-9-3-4-10-31)30-26-29-22-8-7-17(13-23(22)34-26)19-14-27-24(28-15-19)16-33-21-5-1-2-6-21/h7-8,13-15,18,20-21H,1-6,9-12,16H2,(H,29,30,32). The lowest BCUT2D eigenvalue weighted by Gasteiger charge is -2.40. The Hall–Kier alpha value is -2.42. The van der Waals surface area contributed by atoms with Crippen LogP contribution in [-0.2, 0) is 16.1 Å². The van der Waals surface area contributed by atoms with Gasteiger partial charge in [-0.2, -0.15) is 0 Å². The van der Waals surface area contributed by atoms with E-state index in [0.717, 1.165) is 52.9 Å². The van der Waals surface area contributed by atoms with Gasteiger partial charge in [0.2, 0.25) is 5.91 Å². The SMILES string of the molecule is O=C(Nc1nc2ccc(-c3cnc(COC4CCCC4)nc3)cc2s1)C1CC(N2CCCC2)C1. The topological polar surface area (TPSA) is 80.2 Å². The predicted molar refractivity (Wildman–Crippen MR) is 134 cm³/mol. The fourth-order valence-corrected chi connectivity index (χ4v) is 6.31. The van der Waals surface area contributed by atoms with Crippen molar-refractivity contribution in [2.45, 2.75) is 70.1 Å². The molecule has 3 heterocycles. The van der Waals surface area contributed by atoms with E-state index in [1.807, 2.05) is 24.5 Å². The Kier molecular flexibility index (Phi) is 6.28. The highest BCUT2D eigenvalue weighted by Crippen LogP contribution is 2.36. The third-order valence-electron chi connectivity index (χ3n) is 7.55. The number of hydrogen-bond donors (Lipinski definition) is 1. The number of amides is 1. The molecule has 3 aromatic rings. The molecule has 0 bridgehead atoms. The zero-order valence-corrected chi connectivity index (χ0v) is 20.2. The summed E-state index contributed by atoms with van der Waals surface area (Å²) in [7, 11) is 0. The molecule has 1 aromatic carbocycles. The number of anilines is 1. The van der Waals surface area contributed by atoms with Crippen molar-refractivity contribution in [2.75, 3.05) is 18.4 Å². The van der Waals surface area contributed by atoms with Crippen LogP contribution in [0.15, 0.2) is 30.6 Å². The van der Waals surface area contributed by atoms with E-state index in [-0.39, 0.29) is 11.8 Å². The Balaban J connectivity index is 1.07. The number of aromatic nitrogens is 3. The van der Waals surface area contributed by atoms with Crippen LogP contribution in [0.2, 0.25) is 0 Å². The van der Waals surface area contributed by atoms with Crippen molar-refractivity contribution in [3.05, 3.63) is 36.4 Å². The first-order valence-corrected chi connectivity index (χ1v) is 13.4. The average molecular weight is 478 g/mol. The summed E-state index contributed by atoms with van der Waals surface area (Å²) in [6.07, 6.45) is 13.4. The number of carbonyl (C=O) groups is 1. The van der Waals surface area contributed by atoms with Crippen molar-refractivity contribution in [2.24, 2.45) is 5.92 Å². The van der Waals surface area contributed by atoms with Gasteiger partial charge in [0.05, 0.1) is 16.3 Å². The summed E-state index contributed by atoms with van der Waals surface area (Å²) in [5.74, 6) is 0.947. The lowest BCUT2D eigenvalue weighted by atomic mass is 9.79. The van der Waals surface area contributed by atoms with Gasteiger partial charge in [0.1, 0.15) is 6.61 Å². The van der Waals surface area contributed by atoms with Crippen molar-refractivity contribution in [3.63, 3.8) is 0 Å². The van der Waals surface area contributed by atoms with E-state index >= 15 is 0 Å². The van der Waals surface area contributed by atoms with Gasteiger partial charge in [-0.15, -0.1) is 0 Å². The van der Waals surface area contributed by atoms with Crippen LogP contribution in [0.25, 0.3) is 21.3 Å². The second-order valence-corrected chi connectivity index (χ2v) is 10.9. The number of rotatable bonds is 7. The summed E-state index contributed by atoms with van der Waals surface area (Å²) in [6, 6.07) is 6.73. The van der Waals surface area contributed by atoms with Gasteiger partial charge in [-0.3, -0.25) is 4.79 Å². The van der Waals surface area contributed by atoms with Gasteiger partial charge in [0, 0.05) is 29.9 Å². The largest absolute Gasteiger partial charge is 0.370 e. The Bertz CT molecular complexity index is 1150. The monoisotopic (exact) mass is 477 g/mol. The molecule has 3 fully saturated rings. The molecule has 1 aliphatic heterocycles. The molecular weight excluding hydrogens is 446 g/mol. The Morgan fingerprint density at radius 1 is 1.06 bits per heavy atom. The van der Waals surface area contributed by atoms with Crippen LogP contribution < -0.4 is 5.32 Å². The van der Waals surface area contributed by atoms with Crippen LogP contribution in [0, 0.1) is 5.92 Å². The molecule has 8 heteroatoms. The zero-order chi connectivity index (χ0) is 22.9. The van der Waals surface area contributed by atoms with E-state index in [2.05, 4.69) is 31.2 Å². The molecule has 3 aliphatic rings. The maximum Gasteiger partial charge on any atom is 0.229 e. The zero-order valence-electron chi connectivity index (χ0n) is 19.4. The molecule has 1 amide bonds. The minimum atomic E-state index is 0.110. The summed E-state index contributed by atoms with van der Waals surface area (Å²) in [6.45, 7) is 2.87. The van der Waals surface area contributed by atoms with Gasteiger partial charge in [-0.25, -0.2) is 15.0 Å². The Morgan fingerprint density at radius 2 is 1.82 bits per heavy atom. The molecule has 7 nitrogen and oxygen atoms in total. The van der Waals surface area contributed by atoms with Crippen LogP contribution in [0.5, 0.6) is 0 Å². The summed E-state index contributed by atoms with van der Waals surface area (Å²) in [5, 5.41) is 3.74. The van der Waals surface area contributed by atoms with Gasteiger partial charge < -0.3 is 15.0 Å². The minimum Gasteiger partial charge on any atom is -0.370 e. The van der Waals surface area contributed by atoms with Crippen molar-refractivity contribution < 1.29 is 9.53 Å². The van der Waals surface area contributed by atoms with Crippen LogP contribution >= 0.6 is 11.3 Å². The maximum absolute atomic E-state index is 12.7. The van der Waals surface area contributed by atoms with Gasteiger partial charge in [0.25, 0.3) is 0 Å². The molecule has 1 N–H and O–H groups in total. The van der Waals surface area contributed by atoms with Crippen LogP contribution in [0.4, 0.5) is 5.13 Å². The molecule has 34 heavy (non-hydrogen) atoms. The number of benzene rings is 1. The first-order valence-electron chi connectivity index (χ1n) is 12.6. The number of likely N-dealkylation sites (tertiary alicyclic amines) is 1. The minimum absolute atomic E-state index is 0.110. The van der Waals surface area contributed by atoms with Gasteiger partial charge in [-0.1, -0.05) is 30.2 Å². The van der Waals surface area contributed by atoms with E-state index in [1.54, 1.807) is 0 Å². The van der Waals surface area contributed by atoms with E-state index in [4.69, 9.17) is 4.74 Å². The molecule has 6 rings (SSSR count). The summed E-state index contributed by atoms with van der Waals surface area (Å²) >= 11 is 1.52. The molecular formula is C26H31N5O2S. The summed E-state index contributed by atoms with van der Waals surface area (Å²) in [5.41, 5.74) is 2.91. The maximum atomic E-state index is 12.7. The fraction of sp³-hybridized carbons (Fsp3) is 0.538. The van der Waals surface area contributed by atoms with E-state index in [1.165, 1.54) is 50.1 Å². The second-order valence-electron chi connectivity index (χ2n) is 9.86. The van der Waals surface area contributed by atoms with E-state index in [9.17, 15) is 4.79 Å². The van der Waals surface area contributed by atoms with Gasteiger partial charge in [-0.05, 0) is 69.3 Å². The molecule has 1 saturated heterocycles. The second kappa shape index (κ2) is 9.68. The third-order valence-corrected chi connectivity index (χ3v) is 8.48. The normalized spacial score (nSPS) is 23.4. The number of thiazole rings is 1. The highest BCUT2D eigenvalue weighted by Gasteiger charge is 2.38. The van der Waals surface area contributed by atoms with Gasteiger partial charge in [0.15, 0.2) is 11.0 Å². The molecule has 2 aliphatic carbocycles. The molecule has 0 radical (unpaired) electrons. The van der Waals surface area contributed by atoms with Gasteiger partial charge >= 0.3 is 0 Å². The summed E-state index contributed by atoms with van der Waals surface area (Å²) < 4.78 is 6.97. The van der Waals surface area contributed by atoms with E-state index in [0.29, 0.717) is 23.9 Å². The predicted octanol–water partition coefficient (Wildman–Crippen LogP) is 5.03. The fourth-order valence-electron chi connectivity index (χ4n) is 5.40. The average Bonchev–Trinajstić information content (AvgIpc) is 3.58. The molecule has 0 unspecified atom stereocenters. The molecule has 2 saturated carbocycles. The lowest BCUT2D eigenvalue weighted by molar-refractivity contribution is -0.124. The van der Waals surface area contributed by atoms with Crippen LogP contribution in [-0.4, -0.2) is 51.0 Å². The van der Waals surface area contributed by atoms with Crippen molar-refractivity contribution >= 4 is 32.6 Å². The number of ether oxygens (including phenoxy) is 1. The number of fused-ring (bicyclic) bond motifs is 1. The van der Waals surface area contributed by atoms with Crippen molar-refractivity contribution in [1.82, 2.24) is 19.9 Å². The molecule has 0 spiro atoms. The molecule has 2 aromatic heterocycles. The molecule has 178 valence electrons. The first kappa shape index (κ1) is 22.1. The van der Waals surface area contributed by atoms with Crippen molar-refractivity contribution in [1.29, 1.82) is 0 Å².